The standard InChI is InChI=1S/C4H8N/c1-3-4-5-2/h4H,2-3H2,1H3. The highest BCUT2D eigenvalue weighted by Crippen LogP contribution is 1.62. The molecule has 0 unspecified atom stereocenters. The molecule has 1 heteroatoms. The molecule has 29 valence electrons. The fourth-order valence-electron chi connectivity index (χ4n) is 0.129. The molecular weight excluding hydrogens is 62.1 g/mol. The zero-order valence-electron chi connectivity index (χ0n) is 3.44. The van der Waals surface area contributed by atoms with Crippen molar-refractivity contribution in [1.29, 1.82) is 0 Å². The molecule has 0 saturated carbocycles. The van der Waals surface area contributed by atoms with E-state index in [9.17, 15) is 0 Å². The molecule has 0 rings (SSSR count). The van der Waals surface area contributed by atoms with Gasteiger partial charge in [0.15, 0.2) is 0 Å². The summed E-state index contributed by atoms with van der Waals surface area (Å²) < 4.78 is 0. The number of rotatable bonds is 1. The minimum Gasteiger partial charge on any atom is -0.296 e. The van der Waals surface area contributed by atoms with Crippen molar-refractivity contribution in [3.63, 3.8) is 0 Å². The average Bonchev–Trinajstić information content (AvgIpc) is 1.41. The van der Waals surface area contributed by atoms with E-state index in [1.807, 2.05) is 6.92 Å². The van der Waals surface area contributed by atoms with E-state index in [1.165, 1.54) is 0 Å². The summed E-state index contributed by atoms with van der Waals surface area (Å²) in [7, 11) is 3.24. The van der Waals surface area contributed by atoms with Crippen LogP contribution in [0.15, 0.2) is 4.99 Å². The second kappa shape index (κ2) is 3.67. The zero-order chi connectivity index (χ0) is 4.12. The molecular formula is C4H8N. The second-order valence-corrected chi connectivity index (χ2v) is 0.773. The van der Waals surface area contributed by atoms with E-state index in [-0.39, 0.29) is 0 Å². The van der Waals surface area contributed by atoms with Gasteiger partial charge >= 0.3 is 0 Å². The zero-order valence-corrected chi connectivity index (χ0v) is 3.44. The fourth-order valence-corrected chi connectivity index (χ4v) is 0.129. The van der Waals surface area contributed by atoms with E-state index in [0.717, 1.165) is 6.42 Å². The van der Waals surface area contributed by atoms with E-state index >= 15 is 0 Å². The first kappa shape index (κ1) is 4.67. The van der Waals surface area contributed by atoms with Crippen molar-refractivity contribution in [2.75, 3.05) is 0 Å². The van der Waals surface area contributed by atoms with Gasteiger partial charge in [-0.05, 0) is 12.6 Å². The van der Waals surface area contributed by atoms with Crippen LogP contribution in [0.5, 0.6) is 0 Å². The van der Waals surface area contributed by atoms with Gasteiger partial charge in [0.2, 0.25) is 0 Å². The number of hydrogen-bond acceptors (Lipinski definition) is 1. The molecule has 0 fully saturated rings. The molecule has 0 aromatic carbocycles. The van der Waals surface area contributed by atoms with Gasteiger partial charge in [-0.15, -0.1) is 0 Å². The van der Waals surface area contributed by atoms with Crippen molar-refractivity contribution in [3.05, 3.63) is 7.05 Å². The third-order valence-corrected chi connectivity index (χ3v) is 0.312. The van der Waals surface area contributed by atoms with E-state index < -0.39 is 0 Å². The van der Waals surface area contributed by atoms with Crippen LogP contribution in [0.4, 0.5) is 0 Å². The summed E-state index contributed by atoms with van der Waals surface area (Å²) in [6.45, 7) is 2.02. The molecule has 0 aromatic rings. The van der Waals surface area contributed by atoms with Gasteiger partial charge in [-0.3, -0.25) is 4.99 Å². The smallest absolute Gasteiger partial charge is 0.0581 e. The SMILES string of the molecule is [CH2]N=CCC. The summed E-state index contributed by atoms with van der Waals surface area (Å²) in [6.07, 6.45) is 2.75. The summed E-state index contributed by atoms with van der Waals surface area (Å²) >= 11 is 0. The van der Waals surface area contributed by atoms with Crippen LogP contribution in [-0.4, -0.2) is 6.21 Å². The summed E-state index contributed by atoms with van der Waals surface area (Å²) in [5.41, 5.74) is 0. The lowest BCUT2D eigenvalue weighted by Crippen LogP contribution is -1.58. The van der Waals surface area contributed by atoms with Crippen molar-refractivity contribution in [2.24, 2.45) is 4.99 Å². The van der Waals surface area contributed by atoms with Crippen LogP contribution in [0.1, 0.15) is 13.3 Å². The molecule has 1 nitrogen and oxygen atoms in total. The highest BCUT2D eigenvalue weighted by Gasteiger charge is 1.53. The Morgan fingerprint density at radius 1 is 2.00 bits per heavy atom. The molecule has 5 heavy (non-hydrogen) atoms. The second-order valence-electron chi connectivity index (χ2n) is 0.773. The van der Waals surface area contributed by atoms with Crippen LogP contribution in [-0.2, 0) is 0 Å². The lowest BCUT2D eigenvalue weighted by molar-refractivity contribution is 1.31. The van der Waals surface area contributed by atoms with Gasteiger partial charge in [-0.25, -0.2) is 0 Å². The van der Waals surface area contributed by atoms with Gasteiger partial charge in [0, 0.05) is 0 Å². The molecule has 0 atom stereocenters. The van der Waals surface area contributed by atoms with E-state index in [1.54, 1.807) is 6.21 Å². The fraction of sp³-hybridized carbons (Fsp3) is 0.500. The Balaban J connectivity index is 2.62. The van der Waals surface area contributed by atoms with Crippen LogP contribution in [0.2, 0.25) is 0 Å². The third kappa shape index (κ3) is 3.67. The van der Waals surface area contributed by atoms with Crippen molar-refractivity contribution in [1.82, 2.24) is 0 Å². The molecule has 0 aliphatic rings. The Hall–Kier alpha value is -0.330. The molecule has 0 aromatic heterocycles. The largest absolute Gasteiger partial charge is 0.296 e. The molecule has 0 bridgehead atoms. The Bertz CT molecular complexity index is 30.6. The Morgan fingerprint density at radius 2 is 2.60 bits per heavy atom. The van der Waals surface area contributed by atoms with Crippen LogP contribution < -0.4 is 0 Å². The van der Waals surface area contributed by atoms with Gasteiger partial charge in [0.05, 0.1) is 7.05 Å². The lowest BCUT2D eigenvalue weighted by Gasteiger charge is -1.65. The maximum Gasteiger partial charge on any atom is 0.0581 e. The Kier molecular flexibility index (Phi) is 3.43. The predicted octanol–water partition coefficient (Wildman–Crippen LogP) is 1.26. The van der Waals surface area contributed by atoms with E-state index in [0.29, 0.717) is 0 Å². The van der Waals surface area contributed by atoms with Crippen LogP contribution >= 0.6 is 0 Å². The Labute approximate surface area is 32.7 Å². The van der Waals surface area contributed by atoms with Crippen LogP contribution in [0, 0.1) is 7.05 Å². The first-order valence-corrected chi connectivity index (χ1v) is 1.69. The Morgan fingerprint density at radius 3 is 2.60 bits per heavy atom. The summed E-state index contributed by atoms with van der Waals surface area (Å²) in [5.74, 6) is 0. The molecule has 0 heterocycles. The van der Waals surface area contributed by atoms with Gasteiger partial charge < -0.3 is 0 Å². The molecule has 0 aliphatic carbocycles. The summed E-state index contributed by atoms with van der Waals surface area (Å²) in [6, 6.07) is 0. The van der Waals surface area contributed by atoms with Crippen molar-refractivity contribution >= 4 is 6.21 Å². The molecule has 1 radical (unpaired) electrons. The predicted molar refractivity (Wildman–Crippen MR) is 24.1 cm³/mol. The van der Waals surface area contributed by atoms with Gasteiger partial charge in [0.1, 0.15) is 0 Å². The number of nitrogens with zero attached hydrogens (tertiary/aromatic N) is 1. The average molecular weight is 70.1 g/mol. The summed E-state index contributed by atoms with van der Waals surface area (Å²) in [4.78, 5) is 3.48. The van der Waals surface area contributed by atoms with E-state index in [4.69, 9.17) is 0 Å². The minimum atomic E-state index is 0.990. The van der Waals surface area contributed by atoms with Crippen molar-refractivity contribution < 1.29 is 0 Å². The summed E-state index contributed by atoms with van der Waals surface area (Å²) in [5, 5.41) is 0. The molecule has 0 N–H and O–H groups in total. The third-order valence-electron chi connectivity index (χ3n) is 0.312. The maximum atomic E-state index is 3.48. The van der Waals surface area contributed by atoms with Crippen LogP contribution in [0.3, 0.4) is 0 Å². The molecule has 0 aliphatic heterocycles. The molecule has 0 spiro atoms. The topological polar surface area (TPSA) is 12.4 Å². The van der Waals surface area contributed by atoms with Gasteiger partial charge in [-0.1, -0.05) is 6.92 Å². The lowest BCUT2D eigenvalue weighted by atomic mass is 10.5. The van der Waals surface area contributed by atoms with Crippen molar-refractivity contribution in [3.8, 4) is 0 Å². The van der Waals surface area contributed by atoms with Gasteiger partial charge in [-0.2, -0.15) is 0 Å². The molecule has 0 amide bonds. The van der Waals surface area contributed by atoms with Crippen LogP contribution in [0.25, 0.3) is 0 Å². The maximum absolute atomic E-state index is 3.48. The quantitative estimate of drug-likeness (QED) is 0.412. The van der Waals surface area contributed by atoms with E-state index in [2.05, 4.69) is 12.0 Å². The normalized spacial score (nSPS) is 10.0. The number of hydrogen-bond donors (Lipinski definition) is 0. The number of aliphatic imine (C=N–C) groups is 1. The van der Waals surface area contributed by atoms with Gasteiger partial charge in [0.25, 0.3) is 0 Å². The minimum absolute atomic E-state index is 0.990. The highest BCUT2D eigenvalue weighted by atomic mass is 14.6. The van der Waals surface area contributed by atoms with Crippen molar-refractivity contribution in [2.45, 2.75) is 13.3 Å². The molecule has 0 saturated heterocycles. The monoisotopic (exact) mass is 70.1 g/mol. The highest BCUT2D eigenvalue weighted by molar-refractivity contribution is 5.56. The first-order valence-electron chi connectivity index (χ1n) is 1.69. The first-order chi connectivity index (χ1) is 2.41.